The number of alkyl halides is 1. The molecule has 0 bridgehead atoms. The van der Waals surface area contributed by atoms with E-state index in [9.17, 15) is 4.79 Å². The Labute approximate surface area is 110 Å². The second-order valence-corrected chi connectivity index (χ2v) is 5.47. The fourth-order valence-electron chi connectivity index (χ4n) is 2.27. The Morgan fingerprint density at radius 1 is 1.65 bits per heavy atom. The van der Waals surface area contributed by atoms with Gasteiger partial charge in [0.25, 0.3) is 5.91 Å². The largest absolute Gasteiger partial charge is 0.495 e. The molecule has 1 aliphatic carbocycles. The smallest absolute Gasteiger partial charge is 0.265 e. The van der Waals surface area contributed by atoms with Crippen LogP contribution in [0.5, 0.6) is 5.75 Å². The molecule has 2 atom stereocenters. The summed E-state index contributed by atoms with van der Waals surface area (Å²) in [5.74, 6) is 1.63. The molecule has 17 heavy (non-hydrogen) atoms. The van der Waals surface area contributed by atoms with Crippen LogP contribution >= 0.6 is 22.9 Å². The number of thiophene rings is 1. The maximum Gasteiger partial charge on any atom is 0.265 e. The van der Waals surface area contributed by atoms with Crippen molar-refractivity contribution in [2.75, 3.05) is 13.0 Å². The van der Waals surface area contributed by atoms with Gasteiger partial charge in [-0.3, -0.25) is 4.79 Å². The maximum atomic E-state index is 12.1. The highest BCUT2D eigenvalue weighted by atomic mass is 35.5. The van der Waals surface area contributed by atoms with Crippen LogP contribution in [0.25, 0.3) is 0 Å². The molecule has 94 valence electrons. The molecule has 1 aliphatic rings. The first-order valence-electron chi connectivity index (χ1n) is 5.74. The van der Waals surface area contributed by atoms with Gasteiger partial charge in [-0.2, -0.15) is 0 Å². The summed E-state index contributed by atoms with van der Waals surface area (Å²) in [5, 5.41) is 4.93. The van der Waals surface area contributed by atoms with Gasteiger partial charge in [0.2, 0.25) is 0 Å². The summed E-state index contributed by atoms with van der Waals surface area (Å²) in [6.07, 6.45) is 3.27. The van der Waals surface area contributed by atoms with E-state index in [1.807, 2.05) is 11.4 Å². The SMILES string of the molecule is COc1ccsc1C(=O)NC1CCCC1CCl. The van der Waals surface area contributed by atoms with Gasteiger partial charge in [0.05, 0.1) is 7.11 Å². The molecule has 0 radical (unpaired) electrons. The lowest BCUT2D eigenvalue weighted by molar-refractivity contribution is 0.0931. The van der Waals surface area contributed by atoms with Gasteiger partial charge in [0.15, 0.2) is 0 Å². The van der Waals surface area contributed by atoms with E-state index in [0.717, 1.165) is 19.3 Å². The number of nitrogens with one attached hydrogen (secondary N) is 1. The third kappa shape index (κ3) is 2.75. The van der Waals surface area contributed by atoms with E-state index in [4.69, 9.17) is 16.3 Å². The minimum absolute atomic E-state index is 0.0427. The fraction of sp³-hybridized carbons (Fsp3) is 0.583. The zero-order chi connectivity index (χ0) is 12.3. The quantitative estimate of drug-likeness (QED) is 0.857. The van der Waals surface area contributed by atoms with Crippen LogP contribution in [-0.2, 0) is 0 Å². The summed E-state index contributed by atoms with van der Waals surface area (Å²) in [4.78, 5) is 12.7. The van der Waals surface area contributed by atoms with E-state index in [2.05, 4.69) is 5.32 Å². The average Bonchev–Trinajstić information content (AvgIpc) is 2.96. The highest BCUT2D eigenvalue weighted by Crippen LogP contribution is 2.29. The topological polar surface area (TPSA) is 38.3 Å². The van der Waals surface area contributed by atoms with Gasteiger partial charge in [-0.25, -0.2) is 0 Å². The number of hydrogen-bond acceptors (Lipinski definition) is 3. The molecule has 0 saturated heterocycles. The molecule has 0 spiro atoms. The molecule has 1 fully saturated rings. The first-order valence-corrected chi connectivity index (χ1v) is 7.16. The molecule has 2 rings (SSSR count). The number of carbonyl (C=O) groups excluding carboxylic acids is 1. The average molecular weight is 274 g/mol. The standard InChI is InChI=1S/C12H16ClNO2S/c1-16-10-5-6-17-11(10)12(15)14-9-4-2-3-8(9)7-13/h5-6,8-9H,2-4,7H2,1H3,(H,14,15). The molecule has 0 aliphatic heterocycles. The molecule has 2 unspecified atom stereocenters. The van der Waals surface area contributed by atoms with Gasteiger partial charge in [-0.05, 0) is 30.2 Å². The monoisotopic (exact) mass is 273 g/mol. The van der Waals surface area contributed by atoms with E-state index in [0.29, 0.717) is 22.4 Å². The summed E-state index contributed by atoms with van der Waals surface area (Å²) in [6, 6.07) is 2.03. The van der Waals surface area contributed by atoms with Crippen LogP contribution in [0.3, 0.4) is 0 Å². The number of amides is 1. The van der Waals surface area contributed by atoms with Crippen molar-refractivity contribution in [3.05, 3.63) is 16.3 Å². The van der Waals surface area contributed by atoms with E-state index in [-0.39, 0.29) is 11.9 Å². The van der Waals surface area contributed by atoms with E-state index < -0.39 is 0 Å². The first kappa shape index (κ1) is 12.7. The number of ether oxygens (including phenoxy) is 1. The lowest BCUT2D eigenvalue weighted by atomic mass is 10.1. The summed E-state index contributed by atoms with van der Waals surface area (Å²) in [6.45, 7) is 0. The van der Waals surface area contributed by atoms with Crippen molar-refractivity contribution < 1.29 is 9.53 Å². The zero-order valence-electron chi connectivity index (χ0n) is 9.74. The molecular formula is C12H16ClNO2S. The predicted octanol–water partition coefficient (Wildman–Crippen LogP) is 2.89. The maximum absolute atomic E-state index is 12.1. The molecule has 3 nitrogen and oxygen atoms in total. The van der Waals surface area contributed by atoms with E-state index in [1.165, 1.54) is 11.3 Å². The van der Waals surface area contributed by atoms with Gasteiger partial charge in [0.1, 0.15) is 10.6 Å². The van der Waals surface area contributed by atoms with Gasteiger partial charge in [0, 0.05) is 11.9 Å². The molecule has 1 saturated carbocycles. The summed E-state index contributed by atoms with van der Waals surface area (Å²) >= 11 is 7.30. The second kappa shape index (κ2) is 5.74. The van der Waals surface area contributed by atoms with Crippen LogP contribution < -0.4 is 10.1 Å². The Bertz CT molecular complexity index is 394. The Morgan fingerprint density at radius 3 is 3.18 bits per heavy atom. The molecule has 1 N–H and O–H groups in total. The van der Waals surface area contributed by atoms with Gasteiger partial charge in [-0.15, -0.1) is 22.9 Å². The molecular weight excluding hydrogens is 258 g/mol. The Hall–Kier alpha value is -0.740. The van der Waals surface area contributed by atoms with Crippen LogP contribution in [0.15, 0.2) is 11.4 Å². The second-order valence-electron chi connectivity index (χ2n) is 4.24. The zero-order valence-corrected chi connectivity index (χ0v) is 11.3. The lowest BCUT2D eigenvalue weighted by Crippen LogP contribution is -2.37. The van der Waals surface area contributed by atoms with Crippen LogP contribution in [-0.4, -0.2) is 24.9 Å². The fourth-order valence-corrected chi connectivity index (χ4v) is 3.40. The molecule has 5 heteroatoms. The van der Waals surface area contributed by atoms with Crippen LogP contribution in [0.4, 0.5) is 0 Å². The summed E-state index contributed by atoms with van der Waals surface area (Å²) in [7, 11) is 1.58. The molecule has 0 aromatic carbocycles. The number of halogens is 1. The van der Waals surface area contributed by atoms with Crippen molar-refractivity contribution in [3.63, 3.8) is 0 Å². The van der Waals surface area contributed by atoms with Gasteiger partial charge < -0.3 is 10.1 Å². The Kier molecular flexibility index (Phi) is 4.29. The number of rotatable bonds is 4. The molecule has 1 aromatic rings. The third-order valence-corrected chi connectivity index (χ3v) is 4.52. The normalized spacial score (nSPS) is 23.6. The Morgan fingerprint density at radius 2 is 2.47 bits per heavy atom. The molecule has 1 amide bonds. The first-order chi connectivity index (χ1) is 8.26. The van der Waals surface area contributed by atoms with Crippen molar-refractivity contribution in [2.24, 2.45) is 5.92 Å². The van der Waals surface area contributed by atoms with Crippen LogP contribution in [0.2, 0.25) is 0 Å². The third-order valence-electron chi connectivity index (χ3n) is 3.23. The number of methoxy groups -OCH3 is 1. The van der Waals surface area contributed by atoms with E-state index >= 15 is 0 Å². The highest BCUT2D eigenvalue weighted by molar-refractivity contribution is 7.12. The lowest BCUT2D eigenvalue weighted by Gasteiger charge is -2.18. The predicted molar refractivity (Wildman–Crippen MR) is 70.2 cm³/mol. The molecule has 1 aromatic heterocycles. The van der Waals surface area contributed by atoms with Crippen molar-refractivity contribution in [3.8, 4) is 5.75 Å². The number of carbonyl (C=O) groups is 1. The summed E-state index contributed by atoms with van der Waals surface area (Å²) < 4.78 is 5.15. The van der Waals surface area contributed by atoms with Gasteiger partial charge >= 0.3 is 0 Å². The summed E-state index contributed by atoms with van der Waals surface area (Å²) in [5.41, 5.74) is 0. The van der Waals surface area contributed by atoms with Crippen LogP contribution in [0.1, 0.15) is 28.9 Å². The minimum Gasteiger partial charge on any atom is -0.495 e. The van der Waals surface area contributed by atoms with Crippen molar-refractivity contribution in [2.45, 2.75) is 25.3 Å². The van der Waals surface area contributed by atoms with Crippen molar-refractivity contribution in [1.29, 1.82) is 0 Å². The van der Waals surface area contributed by atoms with E-state index in [1.54, 1.807) is 7.11 Å². The van der Waals surface area contributed by atoms with Crippen molar-refractivity contribution >= 4 is 28.8 Å². The Balaban J connectivity index is 2.01. The highest BCUT2D eigenvalue weighted by Gasteiger charge is 2.28. The molecule has 1 heterocycles. The van der Waals surface area contributed by atoms with Crippen LogP contribution in [0, 0.1) is 5.92 Å². The van der Waals surface area contributed by atoms with Crippen molar-refractivity contribution in [1.82, 2.24) is 5.32 Å². The van der Waals surface area contributed by atoms with Gasteiger partial charge in [-0.1, -0.05) is 6.42 Å². The minimum atomic E-state index is -0.0427. The number of hydrogen-bond donors (Lipinski definition) is 1.